The number of hydrogen-bond acceptors (Lipinski definition) is 6. The molecule has 1 unspecified atom stereocenters. The van der Waals surface area contributed by atoms with Crippen LogP contribution in [0.4, 0.5) is 8.78 Å². The van der Waals surface area contributed by atoms with Gasteiger partial charge in [-0.3, -0.25) is 19.1 Å². The molecule has 13 heteroatoms. The molecule has 2 aliphatic rings. The van der Waals surface area contributed by atoms with Gasteiger partial charge < -0.3 is 5.32 Å². The summed E-state index contributed by atoms with van der Waals surface area (Å²) in [5.74, 6) is -0.296. The average Bonchev–Trinajstić information content (AvgIpc) is 3.62. The summed E-state index contributed by atoms with van der Waals surface area (Å²) in [6, 6.07) is 9.33. The van der Waals surface area contributed by atoms with Gasteiger partial charge in [-0.15, -0.1) is 0 Å². The third-order valence-electron chi connectivity index (χ3n) is 7.85. The zero-order chi connectivity index (χ0) is 30.2. The van der Waals surface area contributed by atoms with E-state index in [9.17, 15) is 18.4 Å². The van der Waals surface area contributed by atoms with E-state index in [4.69, 9.17) is 11.6 Å². The van der Waals surface area contributed by atoms with Crippen molar-refractivity contribution in [1.82, 2.24) is 29.6 Å². The Kier molecular flexibility index (Phi) is 7.70. The van der Waals surface area contributed by atoms with Crippen molar-refractivity contribution in [2.75, 3.05) is 7.05 Å². The molecule has 6 rings (SSSR count). The number of carbonyl (C=O) groups excluding carboxylic acids is 1. The van der Waals surface area contributed by atoms with Crippen molar-refractivity contribution in [2.24, 2.45) is 11.0 Å². The van der Waals surface area contributed by atoms with Crippen molar-refractivity contribution in [3.63, 3.8) is 0 Å². The normalized spacial score (nSPS) is 20.5. The Hall–Kier alpha value is -4.58. The van der Waals surface area contributed by atoms with Gasteiger partial charge in [0.05, 0.1) is 35.5 Å². The molecule has 3 atom stereocenters. The molecular formula is C30H28ClF2N8O2+. The van der Waals surface area contributed by atoms with Gasteiger partial charge in [-0.05, 0) is 47.8 Å². The molecule has 5 heterocycles. The first-order chi connectivity index (χ1) is 20.7. The van der Waals surface area contributed by atoms with Crippen LogP contribution >= 0.6 is 11.6 Å². The van der Waals surface area contributed by atoms with E-state index in [1.165, 1.54) is 24.8 Å². The number of alkyl halides is 2. The molecular weight excluding hydrogens is 578 g/mol. The Morgan fingerprint density at radius 3 is 2.67 bits per heavy atom. The number of hydrazone groups is 1. The van der Waals surface area contributed by atoms with Gasteiger partial charge in [0.25, 0.3) is 5.56 Å². The second-order valence-corrected chi connectivity index (χ2v) is 11.1. The van der Waals surface area contributed by atoms with Gasteiger partial charge >= 0.3 is 6.55 Å². The Bertz CT molecular complexity index is 1830. The molecule has 220 valence electrons. The molecule has 1 aromatic carbocycles. The highest BCUT2D eigenvalue weighted by molar-refractivity contribution is 6.31. The van der Waals surface area contributed by atoms with E-state index >= 15 is 0 Å². The van der Waals surface area contributed by atoms with Gasteiger partial charge in [-0.1, -0.05) is 35.7 Å². The van der Waals surface area contributed by atoms with Gasteiger partial charge in [0.2, 0.25) is 11.6 Å². The van der Waals surface area contributed by atoms with E-state index in [0.717, 1.165) is 11.3 Å². The Morgan fingerprint density at radius 1 is 1.07 bits per heavy atom. The summed E-state index contributed by atoms with van der Waals surface area (Å²) in [6.45, 7) is -0.896. The lowest BCUT2D eigenvalue weighted by molar-refractivity contribution is -0.498. The van der Waals surface area contributed by atoms with Gasteiger partial charge in [0.15, 0.2) is 13.1 Å². The van der Waals surface area contributed by atoms with E-state index < -0.39 is 12.6 Å². The molecule has 2 bridgehead atoms. The SMILES string of the molecule is C[C@@H]1CCC[C@H](n2cnc(-c3cc(Cl)ccc3-c3cnn(C(F)F)c3)cc2=O)c2cc(ccn2)C2=[N+](C)N=CC2NC1=O. The summed E-state index contributed by atoms with van der Waals surface area (Å²) in [4.78, 5) is 35.9. The molecule has 1 N–H and O–H groups in total. The fourth-order valence-corrected chi connectivity index (χ4v) is 5.76. The first kappa shape index (κ1) is 28.5. The minimum atomic E-state index is -2.78. The first-order valence-electron chi connectivity index (χ1n) is 13.8. The number of carbonyl (C=O) groups is 1. The third-order valence-corrected chi connectivity index (χ3v) is 8.09. The number of pyridine rings is 1. The number of halogens is 3. The minimum Gasteiger partial charge on any atom is -0.338 e. The molecule has 0 saturated carbocycles. The molecule has 0 aliphatic carbocycles. The van der Waals surface area contributed by atoms with Crippen molar-refractivity contribution in [2.45, 2.75) is 44.8 Å². The molecule has 0 radical (unpaired) electrons. The maximum Gasteiger partial charge on any atom is 0.333 e. The fraction of sp³-hybridized carbons (Fsp3) is 0.300. The molecule has 1 amide bonds. The van der Waals surface area contributed by atoms with Crippen LogP contribution in [0, 0.1) is 5.92 Å². The van der Waals surface area contributed by atoms with Crippen LogP contribution in [0.1, 0.15) is 50.0 Å². The van der Waals surface area contributed by atoms with Gasteiger partial charge in [-0.2, -0.15) is 13.9 Å². The molecule has 2 aliphatic heterocycles. The predicted octanol–water partition coefficient (Wildman–Crippen LogP) is 4.54. The second-order valence-electron chi connectivity index (χ2n) is 10.7. The quantitative estimate of drug-likeness (QED) is 0.344. The highest BCUT2D eigenvalue weighted by Crippen LogP contribution is 2.34. The van der Waals surface area contributed by atoms with Gasteiger partial charge in [-0.25, -0.2) is 9.67 Å². The van der Waals surface area contributed by atoms with E-state index in [1.54, 1.807) is 39.9 Å². The van der Waals surface area contributed by atoms with Crippen LogP contribution < -0.4 is 10.9 Å². The van der Waals surface area contributed by atoms with Crippen molar-refractivity contribution in [1.29, 1.82) is 0 Å². The van der Waals surface area contributed by atoms with E-state index in [-0.39, 0.29) is 23.4 Å². The predicted molar refractivity (Wildman–Crippen MR) is 158 cm³/mol. The summed E-state index contributed by atoms with van der Waals surface area (Å²) < 4.78 is 30.2. The summed E-state index contributed by atoms with van der Waals surface area (Å²) in [6.07, 6.45) is 9.28. The summed E-state index contributed by atoms with van der Waals surface area (Å²) in [5, 5.41) is 11.6. The first-order valence-corrected chi connectivity index (χ1v) is 14.2. The number of nitrogens with zero attached hydrogens (tertiary/aromatic N) is 7. The number of amides is 1. The van der Waals surface area contributed by atoms with E-state index in [1.807, 2.05) is 26.1 Å². The summed E-state index contributed by atoms with van der Waals surface area (Å²) in [7, 11) is 1.82. The number of nitrogens with one attached hydrogen (secondary N) is 1. The number of hydrogen-bond donors (Lipinski definition) is 1. The molecule has 10 nitrogen and oxygen atoms in total. The van der Waals surface area contributed by atoms with Crippen LogP contribution in [-0.4, -0.2) is 59.9 Å². The number of fused-ring (bicyclic) bond motifs is 4. The summed E-state index contributed by atoms with van der Waals surface area (Å²) in [5.41, 5.74) is 3.86. The maximum absolute atomic E-state index is 13.7. The van der Waals surface area contributed by atoms with E-state index in [2.05, 4.69) is 25.5 Å². The highest BCUT2D eigenvalue weighted by Gasteiger charge is 2.34. The Labute approximate surface area is 250 Å². The van der Waals surface area contributed by atoms with Crippen LogP contribution in [0.15, 0.2) is 71.2 Å². The van der Waals surface area contributed by atoms with Gasteiger partial charge in [0, 0.05) is 40.5 Å². The topological polar surface area (TPSA) is 110 Å². The fourth-order valence-electron chi connectivity index (χ4n) is 5.59. The molecule has 4 aromatic rings. The Morgan fingerprint density at radius 2 is 1.91 bits per heavy atom. The lowest BCUT2D eigenvalue weighted by atomic mass is 9.95. The molecule has 0 saturated heterocycles. The average molecular weight is 606 g/mol. The smallest absolute Gasteiger partial charge is 0.333 e. The number of aromatic nitrogens is 5. The minimum absolute atomic E-state index is 0.0599. The van der Waals surface area contributed by atoms with Crippen molar-refractivity contribution >= 4 is 29.4 Å². The third kappa shape index (κ3) is 5.62. The van der Waals surface area contributed by atoms with Crippen molar-refractivity contribution in [3.8, 4) is 22.4 Å². The molecule has 3 aromatic heterocycles. The maximum atomic E-state index is 13.7. The summed E-state index contributed by atoms with van der Waals surface area (Å²) >= 11 is 6.30. The van der Waals surface area contributed by atoms with Gasteiger partial charge in [0.1, 0.15) is 6.21 Å². The largest absolute Gasteiger partial charge is 0.338 e. The van der Waals surface area contributed by atoms with Crippen molar-refractivity contribution < 1.29 is 18.3 Å². The zero-order valence-corrected chi connectivity index (χ0v) is 24.1. The van der Waals surface area contributed by atoms with Crippen LogP contribution in [0.25, 0.3) is 22.4 Å². The number of benzene rings is 1. The molecule has 43 heavy (non-hydrogen) atoms. The molecule has 0 spiro atoms. The number of rotatable bonds is 4. The Balaban J connectivity index is 1.41. The van der Waals surface area contributed by atoms with Crippen LogP contribution in [-0.2, 0) is 4.79 Å². The standard InChI is InChI=1S/C30H27ClF2N8O2/c1-17-4-3-5-26(24-10-18(8-9-34-24)28-25(38-29(17)43)14-36-39(28)2)40-16-35-23(12-27(40)42)22-11-20(31)6-7-21(22)19-13-37-41(15-19)30(32)33/h6-17,25-26,30H,3-5H2,1-2H3/p+1/t17-,25?,26+/m1/s1. The highest BCUT2D eigenvalue weighted by atomic mass is 35.5. The monoisotopic (exact) mass is 605 g/mol. The molecule has 0 fully saturated rings. The van der Waals surface area contributed by atoms with Crippen LogP contribution in [0.2, 0.25) is 5.02 Å². The van der Waals surface area contributed by atoms with Crippen LogP contribution in [0.3, 0.4) is 0 Å². The van der Waals surface area contributed by atoms with Crippen LogP contribution in [0.5, 0.6) is 0 Å². The lowest BCUT2D eigenvalue weighted by Gasteiger charge is -2.22. The van der Waals surface area contributed by atoms with E-state index in [0.29, 0.717) is 57.0 Å². The lowest BCUT2D eigenvalue weighted by Crippen LogP contribution is -2.44. The zero-order valence-electron chi connectivity index (χ0n) is 23.4. The second kappa shape index (κ2) is 11.6. The van der Waals surface area contributed by atoms with Crippen molar-refractivity contribution in [3.05, 3.63) is 87.9 Å².